The lowest BCUT2D eigenvalue weighted by Crippen LogP contribution is -2.42. The Morgan fingerprint density at radius 1 is 1.12 bits per heavy atom. The van der Waals surface area contributed by atoms with Crippen LogP contribution in [0, 0.1) is 11.7 Å². The Morgan fingerprint density at radius 3 is 2.48 bits per heavy atom. The van der Waals surface area contributed by atoms with Crippen molar-refractivity contribution in [2.24, 2.45) is 5.92 Å². The zero-order valence-electron chi connectivity index (χ0n) is 17.8. The summed E-state index contributed by atoms with van der Waals surface area (Å²) in [4.78, 5) is 55.1. The average molecular weight is 451 g/mol. The number of hydrogen-bond acceptors (Lipinski definition) is 5. The van der Waals surface area contributed by atoms with E-state index in [2.05, 4.69) is 4.98 Å². The van der Waals surface area contributed by atoms with Gasteiger partial charge in [0.15, 0.2) is 5.69 Å². The number of hydrogen-bond donors (Lipinski definition) is 2. The number of anilines is 3. The summed E-state index contributed by atoms with van der Waals surface area (Å²) in [5, 5.41) is 0. The van der Waals surface area contributed by atoms with Gasteiger partial charge in [-0.3, -0.25) is 23.9 Å². The summed E-state index contributed by atoms with van der Waals surface area (Å²) in [7, 11) is 1.36. The molecule has 0 aliphatic carbocycles. The van der Waals surface area contributed by atoms with Crippen molar-refractivity contribution in [3.05, 3.63) is 86.8 Å². The number of carbonyl (C=O) groups is 2. The topological polar surface area (TPSA) is 121 Å². The molecule has 0 saturated carbocycles. The van der Waals surface area contributed by atoms with Gasteiger partial charge in [-0.1, -0.05) is 42.5 Å². The third-order valence-corrected chi connectivity index (χ3v) is 5.68. The van der Waals surface area contributed by atoms with Crippen molar-refractivity contribution < 1.29 is 14.0 Å². The third-order valence-electron chi connectivity index (χ3n) is 5.68. The molecule has 0 bridgehead atoms. The predicted molar refractivity (Wildman–Crippen MR) is 122 cm³/mol. The van der Waals surface area contributed by atoms with E-state index < -0.39 is 34.8 Å². The number of benzene rings is 2. The smallest absolute Gasteiger partial charge is 0.330 e. The van der Waals surface area contributed by atoms with E-state index in [0.717, 1.165) is 10.5 Å². The summed E-state index contributed by atoms with van der Waals surface area (Å²) >= 11 is 0. The van der Waals surface area contributed by atoms with E-state index in [1.807, 2.05) is 6.07 Å². The Hall–Kier alpha value is -4.21. The maximum atomic E-state index is 14.1. The number of H-pyrrole nitrogens is 1. The van der Waals surface area contributed by atoms with Crippen molar-refractivity contribution >= 4 is 29.0 Å². The van der Waals surface area contributed by atoms with E-state index in [9.17, 15) is 23.6 Å². The fourth-order valence-corrected chi connectivity index (χ4v) is 3.98. The van der Waals surface area contributed by atoms with Crippen LogP contribution >= 0.6 is 0 Å². The average Bonchev–Trinajstić information content (AvgIpc) is 3.18. The highest BCUT2D eigenvalue weighted by molar-refractivity contribution is 6.05. The van der Waals surface area contributed by atoms with Crippen LogP contribution in [-0.4, -0.2) is 35.0 Å². The molecule has 1 fully saturated rings. The summed E-state index contributed by atoms with van der Waals surface area (Å²) in [6.45, 7) is 0.0602. The molecule has 1 aliphatic heterocycles. The van der Waals surface area contributed by atoms with Gasteiger partial charge in [0.1, 0.15) is 11.6 Å². The van der Waals surface area contributed by atoms with Crippen LogP contribution in [0.3, 0.4) is 0 Å². The number of nitrogens with zero attached hydrogens (tertiary/aromatic N) is 3. The molecule has 1 aromatic heterocycles. The third kappa shape index (κ3) is 4.14. The van der Waals surface area contributed by atoms with Crippen LogP contribution in [0.25, 0.3) is 0 Å². The number of para-hydroxylation sites is 1. The molecule has 0 spiro atoms. The second-order valence-corrected chi connectivity index (χ2v) is 7.82. The van der Waals surface area contributed by atoms with Crippen molar-refractivity contribution in [2.45, 2.75) is 13.0 Å². The van der Waals surface area contributed by atoms with Gasteiger partial charge in [-0.25, -0.2) is 9.18 Å². The molecule has 9 nitrogen and oxygen atoms in total. The Bertz CT molecular complexity index is 1330. The number of nitrogens with two attached hydrogens (primary N) is 1. The molecule has 1 atom stereocenters. The van der Waals surface area contributed by atoms with Crippen LogP contribution in [0.2, 0.25) is 0 Å². The predicted octanol–water partition coefficient (Wildman–Crippen LogP) is 1.32. The van der Waals surface area contributed by atoms with Gasteiger partial charge in [0.25, 0.3) is 5.56 Å². The summed E-state index contributed by atoms with van der Waals surface area (Å²) in [6.07, 6.45) is -0.140. The summed E-state index contributed by atoms with van der Waals surface area (Å²) in [6, 6.07) is 14.8. The lowest BCUT2D eigenvalue weighted by atomic mass is 10.1. The van der Waals surface area contributed by atoms with Crippen molar-refractivity contribution in [3.63, 3.8) is 0 Å². The van der Waals surface area contributed by atoms with E-state index in [0.29, 0.717) is 0 Å². The van der Waals surface area contributed by atoms with Gasteiger partial charge >= 0.3 is 5.69 Å². The Balaban J connectivity index is 1.62. The number of nitrogen functional groups attached to an aromatic ring is 1. The fraction of sp³-hybridized carbons (Fsp3) is 0.217. The number of carbonyl (C=O) groups excluding carboxylic acids is 2. The van der Waals surface area contributed by atoms with E-state index in [1.165, 1.54) is 34.7 Å². The SMILES string of the molecule is CN(C(=O)C1CC(=O)N(c2ccccc2F)C1)c1c(N)n(Cc2ccccc2)c(=O)[nH]c1=O. The standard InChI is InChI=1S/C23H22FN5O4/c1-27(22(32)15-11-18(30)28(13-15)17-10-6-5-9-16(17)24)19-20(25)29(23(33)26-21(19)31)12-14-7-3-2-4-8-14/h2-10,15H,11-13,25H2,1H3,(H,26,31,33). The second kappa shape index (κ2) is 8.73. The van der Waals surface area contributed by atoms with Crippen LogP contribution in [-0.2, 0) is 16.1 Å². The maximum absolute atomic E-state index is 14.1. The largest absolute Gasteiger partial charge is 0.383 e. The molecular formula is C23H22FN5O4. The molecule has 2 aromatic carbocycles. The highest BCUT2D eigenvalue weighted by Crippen LogP contribution is 2.29. The number of aromatic amines is 1. The first-order chi connectivity index (χ1) is 15.8. The number of rotatable bonds is 5. The van der Waals surface area contributed by atoms with Crippen molar-refractivity contribution in [1.82, 2.24) is 9.55 Å². The highest BCUT2D eigenvalue weighted by Gasteiger charge is 2.38. The Labute approximate surface area is 187 Å². The number of halogens is 1. The van der Waals surface area contributed by atoms with Crippen LogP contribution < -0.4 is 26.8 Å². The first-order valence-electron chi connectivity index (χ1n) is 10.3. The van der Waals surface area contributed by atoms with E-state index in [-0.39, 0.29) is 36.7 Å². The molecule has 33 heavy (non-hydrogen) atoms. The molecule has 170 valence electrons. The molecule has 2 heterocycles. The van der Waals surface area contributed by atoms with E-state index >= 15 is 0 Å². The number of aromatic nitrogens is 2. The molecule has 1 aliphatic rings. The first-order valence-corrected chi connectivity index (χ1v) is 10.3. The van der Waals surface area contributed by atoms with E-state index in [4.69, 9.17) is 5.73 Å². The van der Waals surface area contributed by atoms with Crippen LogP contribution in [0.5, 0.6) is 0 Å². The molecule has 4 rings (SSSR count). The minimum atomic E-state index is -0.812. The van der Waals surface area contributed by atoms with E-state index in [1.54, 1.807) is 30.3 Å². The number of amides is 2. The molecule has 1 unspecified atom stereocenters. The molecule has 1 saturated heterocycles. The monoisotopic (exact) mass is 451 g/mol. The number of nitrogens with one attached hydrogen (secondary N) is 1. The van der Waals surface area contributed by atoms with Crippen molar-refractivity contribution in [2.75, 3.05) is 29.1 Å². The lowest BCUT2D eigenvalue weighted by Gasteiger charge is -2.23. The zero-order valence-corrected chi connectivity index (χ0v) is 17.8. The molecular weight excluding hydrogens is 429 g/mol. The fourth-order valence-electron chi connectivity index (χ4n) is 3.98. The van der Waals surface area contributed by atoms with Crippen LogP contribution in [0.15, 0.2) is 64.2 Å². The molecule has 2 amide bonds. The molecule has 0 radical (unpaired) electrons. The minimum absolute atomic E-state index is 0.0373. The quantitative estimate of drug-likeness (QED) is 0.606. The lowest BCUT2D eigenvalue weighted by molar-refractivity contribution is -0.124. The highest BCUT2D eigenvalue weighted by atomic mass is 19.1. The van der Waals surface area contributed by atoms with Gasteiger partial charge in [-0.15, -0.1) is 0 Å². The maximum Gasteiger partial charge on any atom is 0.330 e. The summed E-state index contributed by atoms with van der Waals surface area (Å²) in [5.41, 5.74) is 5.33. The van der Waals surface area contributed by atoms with Gasteiger partial charge < -0.3 is 15.5 Å². The second-order valence-electron chi connectivity index (χ2n) is 7.82. The zero-order chi connectivity index (χ0) is 23.7. The van der Waals surface area contributed by atoms with Crippen LogP contribution in [0.1, 0.15) is 12.0 Å². The minimum Gasteiger partial charge on any atom is -0.383 e. The summed E-state index contributed by atoms with van der Waals surface area (Å²) in [5.74, 6) is -2.48. The van der Waals surface area contributed by atoms with Gasteiger partial charge in [0.05, 0.1) is 18.2 Å². The first kappa shape index (κ1) is 22.0. The van der Waals surface area contributed by atoms with Crippen molar-refractivity contribution in [3.8, 4) is 0 Å². The molecule has 3 aromatic rings. The van der Waals surface area contributed by atoms with Crippen LogP contribution in [0.4, 0.5) is 21.6 Å². The van der Waals surface area contributed by atoms with Gasteiger partial charge in [-0.05, 0) is 17.7 Å². The van der Waals surface area contributed by atoms with Crippen molar-refractivity contribution in [1.29, 1.82) is 0 Å². The summed E-state index contributed by atoms with van der Waals surface area (Å²) < 4.78 is 15.3. The molecule has 10 heteroatoms. The van der Waals surface area contributed by atoms with Gasteiger partial charge in [0.2, 0.25) is 11.8 Å². The van der Waals surface area contributed by atoms with Gasteiger partial charge in [-0.2, -0.15) is 0 Å². The van der Waals surface area contributed by atoms with Gasteiger partial charge in [0, 0.05) is 20.0 Å². The Morgan fingerprint density at radius 2 is 1.79 bits per heavy atom. The molecule has 3 N–H and O–H groups in total. The normalized spacial score (nSPS) is 15.6. The Kier molecular flexibility index (Phi) is 5.82.